The first kappa shape index (κ1) is 13.6. The van der Waals surface area contributed by atoms with Crippen LogP contribution in [0.1, 0.15) is 21.2 Å². The lowest BCUT2D eigenvalue weighted by Crippen LogP contribution is -2.25. The molecule has 108 valence electrons. The largest absolute Gasteiger partial charge is 0.464 e. The lowest BCUT2D eigenvalue weighted by molar-refractivity contribution is 0.0781. The average Bonchev–Trinajstić information content (AvgIpc) is 3.03. The number of rotatable bonds is 3. The van der Waals surface area contributed by atoms with Crippen LogP contribution in [0.3, 0.4) is 0 Å². The van der Waals surface area contributed by atoms with Gasteiger partial charge in [0.25, 0.3) is 5.91 Å². The number of nitrogens with two attached hydrogens (primary N) is 1. The Balaban J connectivity index is 1.87. The zero-order valence-corrected chi connectivity index (χ0v) is 12.5. The molecule has 0 atom stereocenters. The van der Waals surface area contributed by atoms with E-state index in [2.05, 4.69) is 10.2 Å². The van der Waals surface area contributed by atoms with Gasteiger partial charge in [0.15, 0.2) is 0 Å². The summed E-state index contributed by atoms with van der Waals surface area (Å²) >= 11 is 1.26. The van der Waals surface area contributed by atoms with Crippen molar-refractivity contribution in [1.29, 1.82) is 0 Å². The molecule has 1 amide bonds. The molecule has 21 heavy (non-hydrogen) atoms. The first-order valence-electron chi connectivity index (χ1n) is 6.36. The van der Waals surface area contributed by atoms with Crippen LogP contribution in [0.5, 0.6) is 0 Å². The van der Waals surface area contributed by atoms with E-state index in [9.17, 15) is 4.79 Å². The number of hydrogen-bond donors (Lipinski definition) is 1. The molecule has 0 fully saturated rings. The molecule has 6 nitrogen and oxygen atoms in total. The molecular formula is C14H14N4O2S. The van der Waals surface area contributed by atoms with Crippen LogP contribution in [0, 0.1) is 6.92 Å². The van der Waals surface area contributed by atoms with Crippen LogP contribution < -0.4 is 5.73 Å². The van der Waals surface area contributed by atoms with Crippen molar-refractivity contribution < 1.29 is 9.21 Å². The highest BCUT2D eigenvalue weighted by molar-refractivity contribution is 7.21. The summed E-state index contributed by atoms with van der Waals surface area (Å²) in [6.45, 7) is 2.26. The minimum absolute atomic E-state index is 0.149. The highest BCUT2D eigenvalue weighted by Gasteiger charge is 2.21. The van der Waals surface area contributed by atoms with Gasteiger partial charge in [-0.05, 0) is 25.1 Å². The molecule has 3 rings (SSSR count). The van der Waals surface area contributed by atoms with Crippen LogP contribution in [0.2, 0.25) is 0 Å². The Bertz CT molecular complexity index is 808. The van der Waals surface area contributed by atoms with Gasteiger partial charge in [-0.25, -0.2) is 0 Å². The van der Waals surface area contributed by atoms with E-state index >= 15 is 0 Å². The van der Waals surface area contributed by atoms with Gasteiger partial charge in [0.2, 0.25) is 0 Å². The molecule has 3 aromatic heterocycles. The number of amides is 1. The third-order valence-electron chi connectivity index (χ3n) is 3.15. The quantitative estimate of drug-likeness (QED) is 0.803. The van der Waals surface area contributed by atoms with Gasteiger partial charge in [-0.2, -0.15) is 5.10 Å². The molecule has 0 unspecified atom stereocenters. The van der Waals surface area contributed by atoms with Gasteiger partial charge in [-0.1, -0.05) is 0 Å². The number of anilines is 1. The van der Waals surface area contributed by atoms with E-state index in [0.717, 1.165) is 16.9 Å². The van der Waals surface area contributed by atoms with E-state index in [-0.39, 0.29) is 5.91 Å². The number of carbonyl (C=O) groups excluding carboxylic acids is 1. The van der Waals surface area contributed by atoms with Crippen LogP contribution in [-0.2, 0) is 6.54 Å². The number of aryl methyl sites for hydroxylation is 1. The summed E-state index contributed by atoms with van der Waals surface area (Å²) in [6.07, 6.45) is 1.56. The van der Waals surface area contributed by atoms with E-state index in [1.54, 1.807) is 24.2 Å². The Morgan fingerprint density at radius 3 is 2.90 bits per heavy atom. The number of thiophene rings is 1. The van der Waals surface area contributed by atoms with Crippen molar-refractivity contribution in [3.63, 3.8) is 0 Å². The normalized spacial score (nSPS) is 11.0. The van der Waals surface area contributed by atoms with E-state index in [1.165, 1.54) is 11.3 Å². The summed E-state index contributed by atoms with van der Waals surface area (Å²) in [5.41, 5.74) is 6.50. The van der Waals surface area contributed by atoms with Crippen LogP contribution in [0.25, 0.3) is 10.2 Å². The lowest BCUT2D eigenvalue weighted by atomic mass is 10.2. The maximum absolute atomic E-state index is 12.5. The second kappa shape index (κ2) is 5.17. The fourth-order valence-electron chi connectivity index (χ4n) is 2.08. The second-order valence-corrected chi connectivity index (χ2v) is 5.77. The number of aromatic nitrogens is 2. The van der Waals surface area contributed by atoms with Gasteiger partial charge >= 0.3 is 0 Å². The van der Waals surface area contributed by atoms with Crippen molar-refractivity contribution in [2.75, 3.05) is 12.8 Å². The second-order valence-electron chi connectivity index (χ2n) is 4.77. The summed E-state index contributed by atoms with van der Waals surface area (Å²) in [6, 6.07) is 5.50. The van der Waals surface area contributed by atoms with Crippen molar-refractivity contribution in [2.45, 2.75) is 13.5 Å². The molecule has 0 saturated heterocycles. The van der Waals surface area contributed by atoms with Gasteiger partial charge in [-0.3, -0.25) is 4.79 Å². The monoisotopic (exact) mass is 302 g/mol. The molecule has 0 saturated carbocycles. The molecule has 0 bridgehead atoms. The summed E-state index contributed by atoms with van der Waals surface area (Å²) in [5.74, 6) is 1.41. The Kier molecular flexibility index (Phi) is 3.34. The Hall–Kier alpha value is -2.41. The molecule has 7 heteroatoms. The molecular weight excluding hydrogens is 288 g/mol. The van der Waals surface area contributed by atoms with Crippen molar-refractivity contribution in [2.24, 2.45) is 0 Å². The maximum Gasteiger partial charge on any atom is 0.266 e. The van der Waals surface area contributed by atoms with E-state index in [0.29, 0.717) is 21.9 Å². The molecule has 3 aromatic rings. The van der Waals surface area contributed by atoms with E-state index < -0.39 is 0 Å². The zero-order valence-electron chi connectivity index (χ0n) is 11.7. The van der Waals surface area contributed by atoms with Gasteiger partial charge in [-0.15, -0.1) is 16.4 Å². The fraction of sp³-hybridized carbons (Fsp3) is 0.214. The van der Waals surface area contributed by atoms with Crippen molar-refractivity contribution >= 4 is 33.1 Å². The Morgan fingerprint density at radius 2 is 2.24 bits per heavy atom. The summed E-state index contributed by atoms with van der Waals surface area (Å²) in [7, 11) is 1.72. The van der Waals surface area contributed by atoms with Crippen molar-refractivity contribution in [3.05, 3.63) is 40.8 Å². The Labute approximate surface area is 125 Å². The fourth-order valence-corrected chi connectivity index (χ4v) is 3.11. The standard InChI is InChI=1S/C14H14N4O2S/c1-8-3-4-9(20-8)7-18(2)14(19)12-11(15)10-5-6-16-17-13(10)21-12/h3-6H,7,15H2,1-2H3. The van der Waals surface area contributed by atoms with Gasteiger partial charge in [0.1, 0.15) is 21.2 Å². The third-order valence-corrected chi connectivity index (χ3v) is 4.24. The first-order valence-corrected chi connectivity index (χ1v) is 7.18. The molecule has 2 N–H and O–H groups in total. The number of furan rings is 1. The third kappa shape index (κ3) is 2.47. The zero-order chi connectivity index (χ0) is 15.0. The molecule has 0 aromatic carbocycles. The molecule has 0 aliphatic heterocycles. The molecule has 0 aliphatic carbocycles. The van der Waals surface area contributed by atoms with Gasteiger partial charge < -0.3 is 15.1 Å². The van der Waals surface area contributed by atoms with Crippen molar-refractivity contribution in [1.82, 2.24) is 15.1 Å². The minimum Gasteiger partial charge on any atom is -0.464 e. The highest BCUT2D eigenvalue weighted by atomic mass is 32.1. The van der Waals surface area contributed by atoms with E-state index in [4.69, 9.17) is 10.2 Å². The van der Waals surface area contributed by atoms with Gasteiger partial charge in [0.05, 0.1) is 18.4 Å². The summed E-state index contributed by atoms with van der Waals surface area (Å²) in [4.78, 5) is 15.2. The lowest BCUT2D eigenvalue weighted by Gasteiger charge is -2.15. The molecule has 0 spiro atoms. The number of fused-ring (bicyclic) bond motifs is 1. The van der Waals surface area contributed by atoms with Crippen molar-refractivity contribution in [3.8, 4) is 0 Å². The minimum atomic E-state index is -0.149. The predicted molar refractivity (Wildman–Crippen MR) is 81.1 cm³/mol. The van der Waals surface area contributed by atoms with Crippen LogP contribution >= 0.6 is 11.3 Å². The number of carbonyl (C=O) groups is 1. The number of nitrogen functional groups attached to an aromatic ring is 1. The number of nitrogens with zero attached hydrogens (tertiary/aromatic N) is 3. The van der Waals surface area contributed by atoms with Crippen LogP contribution in [-0.4, -0.2) is 28.1 Å². The smallest absolute Gasteiger partial charge is 0.266 e. The molecule has 0 radical (unpaired) electrons. The van der Waals surface area contributed by atoms with Crippen LogP contribution in [0.4, 0.5) is 5.69 Å². The summed E-state index contributed by atoms with van der Waals surface area (Å²) < 4.78 is 5.49. The van der Waals surface area contributed by atoms with Gasteiger partial charge in [0, 0.05) is 12.4 Å². The maximum atomic E-state index is 12.5. The molecule has 3 heterocycles. The summed E-state index contributed by atoms with van der Waals surface area (Å²) in [5, 5.41) is 8.56. The first-order chi connectivity index (χ1) is 10.1. The van der Waals surface area contributed by atoms with Crippen LogP contribution in [0.15, 0.2) is 28.8 Å². The predicted octanol–water partition coefficient (Wildman–Crippen LogP) is 2.45. The SMILES string of the molecule is Cc1ccc(CN(C)C(=O)c2sc3nnccc3c2N)o1. The average molecular weight is 302 g/mol. The topological polar surface area (TPSA) is 85.2 Å². The van der Waals surface area contributed by atoms with E-state index in [1.807, 2.05) is 19.1 Å². The highest BCUT2D eigenvalue weighted by Crippen LogP contribution is 2.32. The number of hydrogen-bond acceptors (Lipinski definition) is 6. The molecule has 0 aliphatic rings. The Morgan fingerprint density at radius 1 is 1.43 bits per heavy atom.